The van der Waals surface area contributed by atoms with Crippen LogP contribution in [0.15, 0.2) is 18.2 Å². The summed E-state index contributed by atoms with van der Waals surface area (Å²) in [5, 5.41) is 11.6. The Bertz CT molecular complexity index is 516. The van der Waals surface area contributed by atoms with E-state index in [2.05, 4.69) is 5.32 Å². The summed E-state index contributed by atoms with van der Waals surface area (Å²) in [5.41, 5.74) is 2.80. The number of nitrogens with one attached hydrogen (secondary N) is 1. The Balaban J connectivity index is 2.79. The second-order valence-corrected chi connectivity index (χ2v) is 4.97. The summed E-state index contributed by atoms with van der Waals surface area (Å²) in [7, 11) is 3.10. The normalized spacial score (nSPS) is 11.8. The monoisotopic (exact) mass is 294 g/mol. The number of aliphatic carboxylic acids is 1. The van der Waals surface area contributed by atoms with Crippen molar-refractivity contribution < 1.29 is 19.4 Å². The van der Waals surface area contributed by atoms with Crippen molar-refractivity contribution in [1.82, 2.24) is 5.32 Å². The lowest BCUT2D eigenvalue weighted by atomic mass is 10.1. The Hall–Kier alpha value is -2.08. The van der Waals surface area contributed by atoms with Gasteiger partial charge in [0.1, 0.15) is 6.04 Å². The Morgan fingerprint density at radius 2 is 2.05 bits per heavy atom. The molecule has 0 aromatic heterocycles. The maximum absolute atomic E-state index is 12.2. The molecule has 0 spiro atoms. The Morgan fingerprint density at radius 3 is 2.57 bits per heavy atom. The molecule has 0 saturated carbocycles. The van der Waals surface area contributed by atoms with Gasteiger partial charge in [-0.3, -0.25) is 4.90 Å². The minimum absolute atomic E-state index is 0.221. The van der Waals surface area contributed by atoms with E-state index in [0.29, 0.717) is 0 Å². The molecule has 0 radical (unpaired) electrons. The quantitative estimate of drug-likeness (QED) is 0.840. The lowest BCUT2D eigenvalue weighted by Crippen LogP contribution is -2.47. The van der Waals surface area contributed by atoms with Gasteiger partial charge in [0, 0.05) is 32.9 Å². The number of nitrogens with zero attached hydrogens (tertiary/aromatic N) is 1. The Labute approximate surface area is 124 Å². The van der Waals surface area contributed by atoms with Crippen molar-refractivity contribution in [1.29, 1.82) is 0 Å². The Morgan fingerprint density at radius 1 is 1.38 bits per heavy atom. The van der Waals surface area contributed by atoms with E-state index in [9.17, 15) is 9.59 Å². The predicted octanol–water partition coefficient (Wildman–Crippen LogP) is 1.94. The molecule has 1 atom stereocenters. The topological polar surface area (TPSA) is 78.9 Å². The molecule has 6 heteroatoms. The predicted molar refractivity (Wildman–Crippen MR) is 80.8 cm³/mol. The first-order valence-electron chi connectivity index (χ1n) is 6.70. The van der Waals surface area contributed by atoms with Gasteiger partial charge in [0.2, 0.25) is 0 Å². The molecule has 0 aliphatic heterocycles. The second kappa shape index (κ2) is 7.64. The van der Waals surface area contributed by atoms with Crippen LogP contribution in [-0.4, -0.2) is 43.9 Å². The van der Waals surface area contributed by atoms with Crippen LogP contribution in [-0.2, 0) is 9.53 Å². The number of carboxylic acids is 1. The molecule has 21 heavy (non-hydrogen) atoms. The van der Waals surface area contributed by atoms with Crippen LogP contribution < -0.4 is 10.2 Å². The van der Waals surface area contributed by atoms with Crippen LogP contribution in [0, 0.1) is 13.8 Å². The zero-order chi connectivity index (χ0) is 16.0. The zero-order valence-electron chi connectivity index (χ0n) is 12.8. The van der Waals surface area contributed by atoms with E-state index in [0.717, 1.165) is 16.8 Å². The van der Waals surface area contributed by atoms with Crippen LogP contribution in [0.3, 0.4) is 0 Å². The third-order valence-corrected chi connectivity index (χ3v) is 3.22. The van der Waals surface area contributed by atoms with Crippen molar-refractivity contribution in [2.24, 2.45) is 0 Å². The van der Waals surface area contributed by atoms with Gasteiger partial charge in [0.05, 0.1) is 0 Å². The van der Waals surface area contributed by atoms with Gasteiger partial charge in [0.25, 0.3) is 0 Å². The largest absolute Gasteiger partial charge is 0.480 e. The van der Waals surface area contributed by atoms with Gasteiger partial charge in [-0.25, -0.2) is 9.59 Å². The number of anilines is 1. The van der Waals surface area contributed by atoms with Crippen LogP contribution in [0.1, 0.15) is 17.5 Å². The number of carbonyl (C=O) groups is 2. The smallest absolute Gasteiger partial charge is 0.326 e. The first-order valence-corrected chi connectivity index (χ1v) is 6.70. The number of carbonyl (C=O) groups excluding carboxylic acids is 1. The number of carboxylic acid groups (broad SMARTS) is 1. The van der Waals surface area contributed by atoms with Crippen LogP contribution in [0.25, 0.3) is 0 Å². The number of hydrogen-bond donors (Lipinski definition) is 2. The maximum atomic E-state index is 12.2. The van der Waals surface area contributed by atoms with Crippen molar-refractivity contribution in [2.45, 2.75) is 26.3 Å². The number of amides is 2. The Kier molecular flexibility index (Phi) is 6.17. The molecule has 1 aromatic rings. The number of methoxy groups -OCH3 is 1. The van der Waals surface area contributed by atoms with Gasteiger partial charge in [-0.2, -0.15) is 0 Å². The molecule has 0 bridgehead atoms. The lowest BCUT2D eigenvalue weighted by Gasteiger charge is -2.23. The lowest BCUT2D eigenvalue weighted by molar-refractivity contribution is -0.139. The van der Waals surface area contributed by atoms with E-state index in [1.54, 1.807) is 7.05 Å². The van der Waals surface area contributed by atoms with Crippen LogP contribution in [0.2, 0.25) is 0 Å². The van der Waals surface area contributed by atoms with Gasteiger partial charge in [-0.15, -0.1) is 0 Å². The van der Waals surface area contributed by atoms with Crippen LogP contribution in [0.4, 0.5) is 10.5 Å². The summed E-state index contributed by atoms with van der Waals surface area (Å²) in [6, 6.07) is 4.30. The molecule has 0 aliphatic rings. The van der Waals surface area contributed by atoms with Crippen molar-refractivity contribution >= 4 is 17.7 Å². The molecule has 2 amide bonds. The third kappa shape index (κ3) is 4.75. The van der Waals surface area contributed by atoms with Crippen LogP contribution >= 0.6 is 0 Å². The maximum Gasteiger partial charge on any atom is 0.326 e. The van der Waals surface area contributed by atoms with Crippen molar-refractivity contribution in [2.75, 3.05) is 25.7 Å². The number of urea groups is 1. The van der Waals surface area contributed by atoms with Gasteiger partial charge in [-0.05, 0) is 25.5 Å². The van der Waals surface area contributed by atoms with E-state index >= 15 is 0 Å². The highest BCUT2D eigenvalue weighted by molar-refractivity contribution is 5.94. The summed E-state index contributed by atoms with van der Waals surface area (Å²) < 4.78 is 4.85. The molecule has 0 aliphatic carbocycles. The number of benzene rings is 1. The summed E-state index contributed by atoms with van der Waals surface area (Å²) in [6.07, 6.45) is 0.221. The SMILES string of the molecule is COCCC(NC(=O)N(C)c1ccc(C)cc1C)C(=O)O. The van der Waals surface area contributed by atoms with E-state index in [-0.39, 0.29) is 13.0 Å². The number of ether oxygens (including phenoxy) is 1. The summed E-state index contributed by atoms with van der Waals surface area (Å²) in [4.78, 5) is 24.7. The fraction of sp³-hybridized carbons (Fsp3) is 0.467. The highest BCUT2D eigenvalue weighted by atomic mass is 16.5. The minimum Gasteiger partial charge on any atom is -0.480 e. The molecule has 116 valence electrons. The first kappa shape index (κ1) is 17.0. The van der Waals surface area contributed by atoms with E-state index in [1.165, 1.54) is 12.0 Å². The second-order valence-electron chi connectivity index (χ2n) is 4.97. The molecule has 0 heterocycles. The molecular weight excluding hydrogens is 272 g/mol. The fourth-order valence-electron chi connectivity index (χ4n) is 2.03. The highest BCUT2D eigenvalue weighted by Gasteiger charge is 2.22. The van der Waals surface area contributed by atoms with Gasteiger partial charge in [0.15, 0.2) is 0 Å². The fourth-order valence-corrected chi connectivity index (χ4v) is 2.03. The summed E-state index contributed by atoms with van der Waals surface area (Å²) in [6.45, 7) is 4.15. The molecule has 2 N–H and O–H groups in total. The molecular formula is C15H22N2O4. The highest BCUT2D eigenvalue weighted by Crippen LogP contribution is 2.20. The molecule has 1 rings (SSSR count). The first-order chi connectivity index (χ1) is 9.86. The molecule has 1 unspecified atom stereocenters. The van der Waals surface area contributed by atoms with Gasteiger partial charge < -0.3 is 15.2 Å². The summed E-state index contributed by atoms with van der Waals surface area (Å²) in [5.74, 6) is -1.07. The average Bonchev–Trinajstić information content (AvgIpc) is 2.42. The molecule has 6 nitrogen and oxygen atoms in total. The van der Waals surface area contributed by atoms with Crippen molar-refractivity contribution in [3.8, 4) is 0 Å². The van der Waals surface area contributed by atoms with E-state index < -0.39 is 18.0 Å². The molecule has 0 saturated heterocycles. The summed E-state index contributed by atoms with van der Waals surface area (Å²) >= 11 is 0. The number of rotatable bonds is 6. The minimum atomic E-state index is -1.07. The molecule has 0 fully saturated rings. The van der Waals surface area contributed by atoms with Gasteiger partial charge in [-0.1, -0.05) is 17.7 Å². The standard InChI is InChI=1S/C15H22N2O4/c1-10-5-6-13(11(2)9-10)17(3)15(20)16-12(14(18)19)7-8-21-4/h5-6,9,12H,7-8H2,1-4H3,(H,16,20)(H,18,19). The molecule has 1 aromatic carbocycles. The number of hydrogen-bond acceptors (Lipinski definition) is 3. The van der Waals surface area contributed by atoms with Crippen molar-refractivity contribution in [3.05, 3.63) is 29.3 Å². The van der Waals surface area contributed by atoms with Gasteiger partial charge >= 0.3 is 12.0 Å². The van der Waals surface area contributed by atoms with E-state index in [4.69, 9.17) is 9.84 Å². The van der Waals surface area contributed by atoms with E-state index in [1.807, 2.05) is 32.0 Å². The average molecular weight is 294 g/mol. The zero-order valence-corrected chi connectivity index (χ0v) is 12.8. The third-order valence-electron chi connectivity index (χ3n) is 3.22. The van der Waals surface area contributed by atoms with Crippen LogP contribution in [0.5, 0.6) is 0 Å². The van der Waals surface area contributed by atoms with Crippen molar-refractivity contribution in [3.63, 3.8) is 0 Å². The number of aryl methyl sites for hydroxylation is 2.